The quantitative estimate of drug-likeness (QED) is 0.507. The van der Waals surface area contributed by atoms with Crippen molar-refractivity contribution in [2.45, 2.75) is 0 Å². The molecule has 0 spiro atoms. The van der Waals surface area contributed by atoms with Gasteiger partial charge in [0.2, 0.25) is 0 Å². The van der Waals surface area contributed by atoms with Gasteiger partial charge in [0.05, 0.1) is 23.2 Å². The Hall–Kier alpha value is -2.53. The number of carbonyl (C=O) groups is 1. The van der Waals surface area contributed by atoms with Crippen molar-refractivity contribution in [1.82, 2.24) is 4.98 Å². The molecule has 0 atom stereocenters. The van der Waals surface area contributed by atoms with Crippen LogP contribution in [-0.4, -0.2) is 18.1 Å². The van der Waals surface area contributed by atoms with Crippen molar-refractivity contribution < 1.29 is 18.3 Å². The maximum Gasteiger partial charge on any atom is 0.337 e. The molecule has 0 aliphatic carbocycles. The van der Waals surface area contributed by atoms with Gasteiger partial charge in [0.1, 0.15) is 11.6 Å². The zero-order chi connectivity index (χ0) is 16.6. The number of ether oxygens (including phenoxy) is 1. The van der Waals surface area contributed by atoms with E-state index in [0.29, 0.717) is 22.0 Å². The molecule has 0 aliphatic rings. The van der Waals surface area contributed by atoms with Crippen molar-refractivity contribution in [2.24, 2.45) is 0 Å². The first-order valence-electron chi connectivity index (χ1n) is 6.63. The van der Waals surface area contributed by atoms with Gasteiger partial charge in [0.25, 0.3) is 0 Å². The minimum atomic E-state index is -0.832. The van der Waals surface area contributed by atoms with Crippen LogP contribution >= 0.6 is 11.6 Å². The first-order valence-corrected chi connectivity index (χ1v) is 7.01. The number of aromatic nitrogens is 1. The van der Waals surface area contributed by atoms with Crippen LogP contribution in [0.4, 0.5) is 8.78 Å². The van der Waals surface area contributed by atoms with Crippen LogP contribution in [0.1, 0.15) is 10.4 Å². The zero-order valence-corrected chi connectivity index (χ0v) is 12.7. The van der Waals surface area contributed by atoms with Crippen molar-refractivity contribution >= 4 is 28.5 Å². The topological polar surface area (TPSA) is 39.2 Å². The lowest BCUT2D eigenvalue weighted by molar-refractivity contribution is 0.0601. The second kappa shape index (κ2) is 5.93. The maximum atomic E-state index is 14.2. The van der Waals surface area contributed by atoms with Gasteiger partial charge in [0.15, 0.2) is 0 Å². The molecule has 6 heteroatoms. The highest BCUT2D eigenvalue weighted by Crippen LogP contribution is 2.33. The highest BCUT2D eigenvalue weighted by molar-refractivity contribution is 6.31. The summed E-state index contributed by atoms with van der Waals surface area (Å²) in [6.45, 7) is 0. The largest absolute Gasteiger partial charge is 0.465 e. The molecule has 0 bridgehead atoms. The summed E-state index contributed by atoms with van der Waals surface area (Å²) in [5, 5.41) is 0.354. The lowest BCUT2D eigenvalue weighted by atomic mass is 9.99. The Labute approximate surface area is 135 Å². The molecule has 0 aliphatic heterocycles. The van der Waals surface area contributed by atoms with Gasteiger partial charge in [-0.3, -0.25) is 4.98 Å². The molecule has 0 unspecified atom stereocenters. The van der Waals surface area contributed by atoms with Crippen molar-refractivity contribution in [3.05, 3.63) is 64.8 Å². The highest BCUT2D eigenvalue weighted by Gasteiger charge is 2.15. The van der Waals surface area contributed by atoms with Crippen LogP contribution in [0, 0.1) is 11.6 Å². The Bertz CT molecular complexity index is 928. The van der Waals surface area contributed by atoms with Crippen LogP contribution in [0.5, 0.6) is 0 Å². The monoisotopic (exact) mass is 333 g/mol. The van der Waals surface area contributed by atoms with Crippen LogP contribution < -0.4 is 0 Å². The summed E-state index contributed by atoms with van der Waals surface area (Å²) in [6.07, 6.45) is 1.51. The first kappa shape index (κ1) is 15.4. The number of methoxy groups -OCH3 is 1. The molecular formula is C17H10ClF2NO2. The molecule has 3 aromatic rings. The molecule has 0 N–H and O–H groups in total. The lowest BCUT2D eigenvalue weighted by Gasteiger charge is -2.09. The number of rotatable bonds is 2. The molecule has 0 saturated heterocycles. The summed E-state index contributed by atoms with van der Waals surface area (Å²) in [5.41, 5.74) is 1.46. The standard InChI is InChI=1S/C17H10ClF2NO2/c1-23-17(22)9-2-3-16-12(6-9)10(4-5-21-16)11-7-13(18)15(20)8-14(11)19/h2-8H,1H3. The van der Waals surface area contributed by atoms with E-state index in [1.165, 1.54) is 19.4 Å². The molecule has 0 fully saturated rings. The fraction of sp³-hybridized carbons (Fsp3) is 0.0588. The van der Waals surface area contributed by atoms with E-state index in [1.54, 1.807) is 24.3 Å². The predicted octanol–water partition coefficient (Wildman–Crippen LogP) is 4.62. The average molecular weight is 334 g/mol. The van der Waals surface area contributed by atoms with E-state index in [1.807, 2.05) is 0 Å². The fourth-order valence-electron chi connectivity index (χ4n) is 2.35. The normalized spacial score (nSPS) is 10.8. The molecule has 1 heterocycles. The summed E-state index contributed by atoms with van der Waals surface area (Å²) in [6, 6.07) is 8.28. The number of esters is 1. The fourth-order valence-corrected chi connectivity index (χ4v) is 2.52. The molecule has 0 saturated carbocycles. The highest BCUT2D eigenvalue weighted by atomic mass is 35.5. The second-order valence-electron chi connectivity index (χ2n) is 4.83. The van der Waals surface area contributed by atoms with Crippen molar-refractivity contribution in [1.29, 1.82) is 0 Å². The third-order valence-electron chi connectivity index (χ3n) is 3.46. The van der Waals surface area contributed by atoms with Gasteiger partial charge in [-0.05, 0) is 35.9 Å². The van der Waals surface area contributed by atoms with Gasteiger partial charge in [-0.25, -0.2) is 13.6 Å². The summed E-state index contributed by atoms with van der Waals surface area (Å²) < 4.78 is 32.2. The minimum Gasteiger partial charge on any atom is -0.465 e. The SMILES string of the molecule is COC(=O)c1ccc2nccc(-c3cc(Cl)c(F)cc3F)c2c1. The molecule has 0 radical (unpaired) electrons. The summed E-state index contributed by atoms with van der Waals surface area (Å²) in [7, 11) is 1.27. The van der Waals surface area contributed by atoms with Crippen LogP contribution in [0.15, 0.2) is 42.6 Å². The molecule has 116 valence electrons. The van der Waals surface area contributed by atoms with Gasteiger partial charge < -0.3 is 4.74 Å². The third kappa shape index (κ3) is 2.75. The van der Waals surface area contributed by atoms with Crippen molar-refractivity contribution in [3.63, 3.8) is 0 Å². The Morgan fingerprint density at radius 1 is 1.09 bits per heavy atom. The van der Waals surface area contributed by atoms with E-state index in [0.717, 1.165) is 6.07 Å². The number of pyridine rings is 1. The molecule has 0 amide bonds. The van der Waals surface area contributed by atoms with Gasteiger partial charge >= 0.3 is 5.97 Å². The predicted molar refractivity (Wildman–Crippen MR) is 83.4 cm³/mol. The summed E-state index contributed by atoms with van der Waals surface area (Å²) in [4.78, 5) is 15.9. The Morgan fingerprint density at radius 2 is 1.87 bits per heavy atom. The van der Waals surface area contributed by atoms with Crippen molar-refractivity contribution in [2.75, 3.05) is 7.11 Å². The molecule has 2 aromatic carbocycles. The number of carbonyl (C=O) groups excluding carboxylic acids is 1. The van der Waals surface area contributed by atoms with Crippen LogP contribution in [-0.2, 0) is 4.74 Å². The number of hydrogen-bond acceptors (Lipinski definition) is 3. The smallest absolute Gasteiger partial charge is 0.337 e. The Kier molecular flexibility index (Phi) is 3.96. The summed E-state index contributed by atoms with van der Waals surface area (Å²) >= 11 is 5.76. The van der Waals surface area contributed by atoms with Crippen molar-refractivity contribution in [3.8, 4) is 11.1 Å². The van der Waals surface area contributed by atoms with Gasteiger partial charge in [0, 0.05) is 23.2 Å². The average Bonchev–Trinajstić information content (AvgIpc) is 2.56. The van der Waals surface area contributed by atoms with E-state index >= 15 is 0 Å². The minimum absolute atomic E-state index is 0.130. The number of halogens is 3. The number of nitrogens with zero attached hydrogens (tertiary/aromatic N) is 1. The van der Waals surface area contributed by atoms with Gasteiger partial charge in [-0.15, -0.1) is 0 Å². The van der Waals surface area contributed by atoms with Gasteiger partial charge in [-0.2, -0.15) is 0 Å². The Morgan fingerprint density at radius 3 is 2.61 bits per heavy atom. The molecule has 23 heavy (non-hydrogen) atoms. The van der Waals surface area contributed by atoms with E-state index < -0.39 is 17.6 Å². The molecule has 3 rings (SSSR count). The zero-order valence-electron chi connectivity index (χ0n) is 11.9. The van der Waals surface area contributed by atoms with E-state index in [9.17, 15) is 13.6 Å². The molecule has 1 aromatic heterocycles. The third-order valence-corrected chi connectivity index (χ3v) is 3.75. The number of benzene rings is 2. The van der Waals surface area contributed by atoms with Gasteiger partial charge in [-0.1, -0.05) is 11.6 Å². The van der Waals surface area contributed by atoms with Crippen LogP contribution in [0.3, 0.4) is 0 Å². The van der Waals surface area contributed by atoms with E-state index in [-0.39, 0.29) is 10.6 Å². The number of fused-ring (bicyclic) bond motifs is 1. The lowest BCUT2D eigenvalue weighted by Crippen LogP contribution is -2.01. The van der Waals surface area contributed by atoms with E-state index in [4.69, 9.17) is 11.6 Å². The van der Waals surface area contributed by atoms with Crippen LogP contribution in [0.2, 0.25) is 5.02 Å². The first-order chi connectivity index (χ1) is 11.0. The number of hydrogen-bond donors (Lipinski definition) is 0. The van der Waals surface area contributed by atoms with E-state index in [2.05, 4.69) is 9.72 Å². The van der Waals surface area contributed by atoms with Crippen LogP contribution in [0.25, 0.3) is 22.0 Å². The Balaban J connectivity index is 2.29. The molecular weight excluding hydrogens is 324 g/mol. The maximum absolute atomic E-state index is 14.2. The summed E-state index contributed by atoms with van der Waals surface area (Å²) in [5.74, 6) is -2.09. The molecule has 3 nitrogen and oxygen atoms in total. The second-order valence-corrected chi connectivity index (χ2v) is 5.24.